The molecule has 0 amide bonds. The highest BCUT2D eigenvalue weighted by Gasteiger charge is 2.25. The molecule has 0 aromatic heterocycles. The molecule has 0 N–H and O–H groups in total. The number of hydrogen-bond donors (Lipinski definition) is 0. The molecule has 0 spiro atoms. The minimum Gasteiger partial charge on any atom is -0.180 e. The lowest BCUT2D eigenvalue weighted by Gasteiger charge is -2.21. The number of fused-ring (bicyclic) bond motifs is 2. The van der Waals surface area contributed by atoms with E-state index < -0.39 is 0 Å². The normalized spacial score (nSPS) is 24.0. The van der Waals surface area contributed by atoms with E-state index in [0.29, 0.717) is 0 Å². The first kappa shape index (κ1) is 6.62. The van der Waals surface area contributed by atoms with Crippen LogP contribution in [0.5, 0.6) is 0 Å². The molecular formula is C6H4N4S2. The molecular weight excluding hydrogens is 192 g/mol. The van der Waals surface area contributed by atoms with Crippen LogP contribution >= 0.6 is 23.9 Å². The van der Waals surface area contributed by atoms with Gasteiger partial charge in [-0.3, -0.25) is 0 Å². The number of rotatable bonds is 0. The van der Waals surface area contributed by atoms with Gasteiger partial charge in [0.2, 0.25) is 0 Å². The van der Waals surface area contributed by atoms with Crippen molar-refractivity contribution in [1.29, 1.82) is 0 Å². The van der Waals surface area contributed by atoms with Gasteiger partial charge in [-0.05, 0) is 23.0 Å². The fourth-order valence-electron chi connectivity index (χ4n) is 1.01. The molecule has 12 heavy (non-hydrogen) atoms. The minimum absolute atomic E-state index is 0.889. The highest BCUT2D eigenvalue weighted by atomic mass is 32.2. The molecule has 0 radical (unpaired) electrons. The van der Waals surface area contributed by atoms with Crippen molar-refractivity contribution in [1.82, 2.24) is 8.83 Å². The van der Waals surface area contributed by atoms with E-state index in [-0.39, 0.29) is 0 Å². The highest BCUT2D eigenvalue weighted by molar-refractivity contribution is 8.01. The summed E-state index contributed by atoms with van der Waals surface area (Å²) < 4.78 is 3.62. The summed E-state index contributed by atoms with van der Waals surface area (Å²) >= 11 is 3.08. The van der Waals surface area contributed by atoms with Crippen molar-refractivity contribution in [3.8, 4) is 0 Å². The van der Waals surface area contributed by atoms with Gasteiger partial charge in [0.15, 0.2) is 11.7 Å². The molecule has 6 heteroatoms. The maximum Gasteiger partial charge on any atom is 0.182 e. The predicted molar refractivity (Wildman–Crippen MR) is 52.0 cm³/mol. The molecule has 0 unspecified atom stereocenters. The monoisotopic (exact) mass is 196 g/mol. The van der Waals surface area contributed by atoms with E-state index in [2.05, 4.69) is 10.2 Å². The number of hydrazone groups is 2. The van der Waals surface area contributed by atoms with Crippen LogP contribution in [0.25, 0.3) is 0 Å². The molecule has 4 nitrogen and oxygen atoms in total. The fraction of sp³-hybridized carbons (Fsp3) is 0. The van der Waals surface area contributed by atoms with Crippen molar-refractivity contribution in [2.45, 2.75) is 0 Å². The third kappa shape index (κ3) is 0.818. The van der Waals surface area contributed by atoms with Crippen LogP contribution in [0.4, 0.5) is 0 Å². The van der Waals surface area contributed by atoms with Gasteiger partial charge in [-0.25, -0.2) is 0 Å². The smallest absolute Gasteiger partial charge is 0.180 e. The Balaban J connectivity index is 2.03. The summed E-state index contributed by atoms with van der Waals surface area (Å²) in [6, 6.07) is 0. The van der Waals surface area contributed by atoms with Crippen LogP contribution in [0, 0.1) is 0 Å². The van der Waals surface area contributed by atoms with Crippen LogP contribution in [0.1, 0.15) is 0 Å². The summed E-state index contributed by atoms with van der Waals surface area (Å²) in [7, 11) is 0. The Hall–Kier alpha value is -0.880. The molecule has 0 atom stereocenters. The Morgan fingerprint density at radius 2 is 1.42 bits per heavy atom. The molecule has 0 fully saturated rings. The van der Waals surface area contributed by atoms with Crippen LogP contribution in [0.15, 0.2) is 33.2 Å². The first-order valence-corrected chi connectivity index (χ1v) is 5.05. The van der Waals surface area contributed by atoms with Gasteiger partial charge in [-0.15, -0.1) is 10.2 Å². The van der Waals surface area contributed by atoms with Gasteiger partial charge < -0.3 is 0 Å². The third-order valence-corrected chi connectivity index (χ3v) is 2.99. The highest BCUT2D eigenvalue weighted by Crippen LogP contribution is 2.30. The van der Waals surface area contributed by atoms with Crippen molar-refractivity contribution in [2.24, 2.45) is 10.2 Å². The maximum absolute atomic E-state index is 4.34. The Kier molecular flexibility index (Phi) is 1.27. The van der Waals surface area contributed by atoms with Gasteiger partial charge in [0.05, 0.1) is 0 Å². The summed E-state index contributed by atoms with van der Waals surface area (Å²) in [5, 5.41) is 12.6. The third-order valence-electron chi connectivity index (χ3n) is 1.53. The predicted octanol–water partition coefficient (Wildman–Crippen LogP) is 1.58. The molecule has 0 saturated carbocycles. The van der Waals surface area contributed by atoms with E-state index in [4.69, 9.17) is 0 Å². The van der Waals surface area contributed by atoms with Gasteiger partial charge in [0.25, 0.3) is 0 Å². The Morgan fingerprint density at radius 3 is 1.92 bits per heavy atom. The zero-order chi connectivity index (χ0) is 7.97. The average molecular weight is 196 g/mol. The van der Waals surface area contributed by atoms with E-state index >= 15 is 0 Å². The first-order valence-electron chi connectivity index (χ1n) is 3.37. The lowest BCUT2D eigenvalue weighted by Crippen LogP contribution is -2.27. The van der Waals surface area contributed by atoms with Crippen LogP contribution < -0.4 is 0 Å². The second-order valence-electron chi connectivity index (χ2n) is 2.28. The zero-order valence-corrected chi connectivity index (χ0v) is 7.55. The van der Waals surface area contributed by atoms with Crippen molar-refractivity contribution >= 4 is 35.6 Å². The van der Waals surface area contributed by atoms with Crippen molar-refractivity contribution in [3.05, 3.63) is 23.0 Å². The second kappa shape index (κ2) is 2.30. The maximum atomic E-state index is 4.34. The topological polar surface area (TPSA) is 31.2 Å². The number of hydrogen-bond acceptors (Lipinski definition) is 6. The zero-order valence-electron chi connectivity index (χ0n) is 5.91. The summed E-state index contributed by atoms with van der Waals surface area (Å²) in [6.07, 6.45) is 3.90. The average Bonchev–Trinajstić information content (AvgIpc) is 2.64. The van der Waals surface area contributed by atoms with E-state index in [1.54, 1.807) is 0 Å². The molecule has 0 aromatic carbocycles. The molecule has 0 saturated heterocycles. The lowest BCUT2D eigenvalue weighted by molar-refractivity contribution is 0.625. The second-order valence-corrected chi connectivity index (χ2v) is 3.94. The van der Waals surface area contributed by atoms with Crippen molar-refractivity contribution < 1.29 is 0 Å². The van der Waals surface area contributed by atoms with Crippen LogP contribution in [-0.2, 0) is 0 Å². The van der Waals surface area contributed by atoms with E-state index in [0.717, 1.165) is 11.7 Å². The molecule has 0 aliphatic carbocycles. The molecule has 0 aromatic rings. The van der Waals surface area contributed by atoms with Crippen LogP contribution in [-0.4, -0.2) is 20.5 Å². The molecule has 3 aliphatic heterocycles. The number of nitrogens with zero attached hydrogens (tertiary/aromatic N) is 4. The molecule has 3 aliphatic rings. The summed E-state index contributed by atoms with van der Waals surface area (Å²) in [5.41, 5.74) is 0. The minimum atomic E-state index is 0.889. The van der Waals surface area contributed by atoms with Crippen molar-refractivity contribution in [3.63, 3.8) is 0 Å². The van der Waals surface area contributed by atoms with Crippen LogP contribution in [0.2, 0.25) is 0 Å². The van der Waals surface area contributed by atoms with Gasteiger partial charge >= 0.3 is 0 Å². The van der Waals surface area contributed by atoms with Gasteiger partial charge in [-0.2, -0.15) is 8.83 Å². The summed E-state index contributed by atoms with van der Waals surface area (Å²) in [6.45, 7) is 0. The Bertz CT molecular complexity index is 309. The van der Waals surface area contributed by atoms with E-state index in [1.807, 2.05) is 31.8 Å². The summed E-state index contributed by atoms with van der Waals surface area (Å²) in [4.78, 5) is 0. The largest absolute Gasteiger partial charge is 0.182 e. The molecule has 0 bridgehead atoms. The fourth-order valence-corrected chi connectivity index (χ4v) is 2.28. The quantitative estimate of drug-likeness (QED) is 0.550. The van der Waals surface area contributed by atoms with Gasteiger partial charge in [-0.1, -0.05) is 0 Å². The Labute approximate surface area is 77.9 Å². The first-order chi connectivity index (χ1) is 5.93. The number of amidine groups is 2. The van der Waals surface area contributed by atoms with Gasteiger partial charge in [0.1, 0.15) is 0 Å². The van der Waals surface area contributed by atoms with Crippen molar-refractivity contribution in [2.75, 3.05) is 0 Å². The molecule has 60 valence electrons. The lowest BCUT2D eigenvalue weighted by atomic mass is 10.5. The van der Waals surface area contributed by atoms with E-state index in [9.17, 15) is 0 Å². The van der Waals surface area contributed by atoms with Gasteiger partial charge in [0, 0.05) is 23.9 Å². The molecule has 3 heterocycles. The van der Waals surface area contributed by atoms with Crippen LogP contribution in [0.3, 0.4) is 0 Å². The summed E-state index contributed by atoms with van der Waals surface area (Å²) in [5.74, 6) is 1.78. The SMILES string of the molecule is C1=CC2=NN3SC=CC3=NN2S1. The standard InChI is InChI=1S/C6H4N4S2/c1-3-11-9-5(1)7-10-6(8-9)2-4-12-10/h1-4H. The Morgan fingerprint density at radius 1 is 0.917 bits per heavy atom. The molecule has 3 rings (SSSR count). The van der Waals surface area contributed by atoms with E-state index in [1.165, 1.54) is 23.9 Å².